The molecule has 0 aromatic carbocycles. The SMILES string of the molecule is CCC(c1cc(C)ccn1)n1cc(-c2nccn2C)nn1. The number of aryl methyl sites for hydroxylation is 2. The summed E-state index contributed by atoms with van der Waals surface area (Å²) in [4.78, 5) is 8.77. The number of imidazole rings is 1. The van der Waals surface area contributed by atoms with Gasteiger partial charge in [0.05, 0.1) is 17.9 Å². The number of rotatable bonds is 4. The van der Waals surface area contributed by atoms with Crippen molar-refractivity contribution in [2.75, 3.05) is 0 Å². The fraction of sp³-hybridized carbons (Fsp3) is 0.333. The largest absolute Gasteiger partial charge is 0.333 e. The normalized spacial score (nSPS) is 12.5. The smallest absolute Gasteiger partial charge is 0.161 e. The van der Waals surface area contributed by atoms with E-state index in [9.17, 15) is 0 Å². The van der Waals surface area contributed by atoms with E-state index in [1.165, 1.54) is 5.56 Å². The van der Waals surface area contributed by atoms with Gasteiger partial charge < -0.3 is 4.57 Å². The predicted octanol–water partition coefficient (Wildman–Crippen LogP) is 2.38. The second-order valence-electron chi connectivity index (χ2n) is 5.13. The van der Waals surface area contributed by atoms with Crippen molar-refractivity contribution in [3.63, 3.8) is 0 Å². The highest BCUT2D eigenvalue weighted by Crippen LogP contribution is 2.22. The molecule has 3 aromatic heterocycles. The summed E-state index contributed by atoms with van der Waals surface area (Å²) in [6, 6.07) is 4.18. The molecule has 1 atom stereocenters. The van der Waals surface area contributed by atoms with Gasteiger partial charge in [-0.25, -0.2) is 9.67 Å². The van der Waals surface area contributed by atoms with Crippen molar-refractivity contribution in [3.05, 3.63) is 48.2 Å². The minimum absolute atomic E-state index is 0.0893. The minimum Gasteiger partial charge on any atom is -0.333 e. The van der Waals surface area contributed by atoms with Gasteiger partial charge in [-0.2, -0.15) is 0 Å². The fourth-order valence-electron chi connectivity index (χ4n) is 2.42. The molecule has 0 radical (unpaired) electrons. The monoisotopic (exact) mass is 282 g/mol. The first kappa shape index (κ1) is 13.5. The van der Waals surface area contributed by atoms with Crippen LogP contribution in [-0.2, 0) is 7.05 Å². The van der Waals surface area contributed by atoms with Gasteiger partial charge in [0, 0.05) is 25.6 Å². The van der Waals surface area contributed by atoms with Crippen LogP contribution < -0.4 is 0 Å². The third-order valence-electron chi connectivity index (χ3n) is 3.54. The summed E-state index contributed by atoms with van der Waals surface area (Å²) in [5, 5.41) is 8.50. The maximum atomic E-state index is 4.47. The Morgan fingerprint density at radius 1 is 1.24 bits per heavy atom. The van der Waals surface area contributed by atoms with Crippen LogP contribution in [0.15, 0.2) is 36.9 Å². The Balaban J connectivity index is 1.96. The summed E-state index contributed by atoms with van der Waals surface area (Å²) in [6.07, 6.45) is 8.33. The van der Waals surface area contributed by atoms with Gasteiger partial charge in [0.1, 0.15) is 5.69 Å². The summed E-state index contributed by atoms with van der Waals surface area (Å²) in [7, 11) is 1.95. The number of hydrogen-bond donors (Lipinski definition) is 0. The van der Waals surface area contributed by atoms with Crippen molar-refractivity contribution in [2.45, 2.75) is 26.3 Å². The number of aromatic nitrogens is 6. The Morgan fingerprint density at radius 3 is 2.76 bits per heavy atom. The maximum Gasteiger partial charge on any atom is 0.161 e. The maximum absolute atomic E-state index is 4.47. The molecule has 3 heterocycles. The molecule has 0 spiro atoms. The van der Waals surface area contributed by atoms with Crippen molar-refractivity contribution in [2.24, 2.45) is 7.05 Å². The first-order chi connectivity index (χ1) is 10.2. The highest BCUT2D eigenvalue weighted by atomic mass is 15.4. The molecule has 3 aromatic rings. The highest BCUT2D eigenvalue weighted by molar-refractivity contribution is 5.47. The van der Waals surface area contributed by atoms with E-state index in [2.05, 4.69) is 40.2 Å². The topological polar surface area (TPSA) is 61.4 Å². The van der Waals surface area contributed by atoms with E-state index in [-0.39, 0.29) is 6.04 Å². The Hall–Kier alpha value is -2.50. The molecule has 0 aliphatic heterocycles. The van der Waals surface area contributed by atoms with Crippen LogP contribution >= 0.6 is 0 Å². The molecule has 0 aliphatic carbocycles. The lowest BCUT2D eigenvalue weighted by Gasteiger charge is -2.14. The molecule has 0 amide bonds. The van der Waals surface area contributed by atoms with E-state index in [0.717, 1.165) is 23.6 Å². The second kappa shape index (κ2) is 5.47. The summed E-state index contributed by atoms with van der Waals surface area (Å²) in [5.74, 6) is 0.813. The molecule has 6 heteroatoms. The van der Waals surface area contributed by atoms with E-state index in [4.69, 9.17) is 0 Å². The van der Waals surface area contributed by atoms with Gasteiger partial charge in [-0.15, -0.1) is 5.10 Å². The standard InChI is InChI=1S/C15H18N6/c1-4-14(12-9-11(2)5-6-16-12)21-10-13(18-19-21)15-17-7-8-20(15)3/h5-10,14H,4H2,1-3H3. The van der Waals surface area contributed by atoms with Crippen LogP contribution in [0.2, 0.25) is 0 Å². The number of pyridine rings is 1. The predicted molar refractivity (Wildman–Crippen MR) is 79.6 cm³/mol. The van der Waals surface area contributed by atoms with Gasteiger partial charge >= 0.3 is 0 Å². The second-order valence-corrected chi connectivity index (χ2v) is 5.13. The number of nitrogens with zero attached hydrogens (tertiary/aromatic N) is 6. The average molecular weight is 282 g/mol. The lowest BCUT2D eigenvalue weighted by molar-refractivity contribution is 0.482. The van der Waals surface area contributed by atoms with Gasteiger partial charge in [-0.05, 0) is 31.0 Å². The molecule has 1 unspecified atom stereocenters. The van der Waals surface area contributed by atoms with Crippen molar-refractivity contribution >= 4 is 0 Å². The lowest BCUT2D eigenvalue weighted by atomic mass is 10.1. The Bertz CT molecular complexity index is 742. The Labute approximate surface area is 123 Å². The van der Waals surface area contributed by atoms with Crippen LogP contribution in [0.5, 0.6) is 0 Å². The van der Waals surface area contributed by atoms with Crippen molar-refractivity contribution in [1.82, 2.24) is 29.5 Å². The zero-order valence-electron chi connectivity index (χ0n) is 12.4. The molecule has 0 bridgehead atoms. The summed E-state index contributed by atoms with van der Waals surface area (Å²) in [6.45, 7) is 4.19. The van der Waals surface area contributed by atoms with E-state index in [1.54, 1.807) is 6.20 Å². The van der Waals surface area contributed by atoms with Crippen molar-refractivity contribution in [3.8, 4) is 11.5 Å². The summed E-state index contributed by atoms with van der Waals surface area (Å²) < 4.78 is 3.80. The molecule has 0 N–H and O–H groups in total. The molecule has 21 heavy (non-hydrogen) atoms. The molecule has 6 nitrogen and oxygen atoms in total. The van der Waals surface area contributed by atoms with Gasteiger partial charge in [0.25, 0.3) is 0 Å². The number of hydrogen-bond acceptors (Lipinski definition) is 4. The molecule has 0 fully saturated rings. The van der Waals surface area contributed by atoms with Gasteiger partial charge in [-0.1, -0.05) is 12.1 Å². The van der Waals surface area contributed by atoms with Crippen LogP contribution in [-0.4, -0.2) is 29.5 Å². The lowest BCUT2D eigenvalue weighted by Crippen LogP contribution is -2.12. The van der Waals surface area contributed by atoms with Crippen LogP contribution in [0.25, 0.3) is 11.5 Å². The molecule has 3 rings (SSSR count). The van der Waals surface area contributed by atoms with Crippen molar-refractivity contribution in [1.29, 1.82) is 0 Å². The average Bonchev–Trinajstić information content (AvgIpc) is 3.09. The summed E-state index contributed by atoms with van der Waals surface area (Å²) in [5.41, 5.74) is 2.98. The van der Waals surface area contributed by atoms with Crippen LogP contribution in [0.4, 0.5) is 0 Å². The molecule has 0 saturated carbocycles. The molecule has 0 saturated heterocycles. The van der Waals surface area contributed by atoms with Crippen molar-refractivity contribution < 1.29 is 0 Å². The zero-order valence-corrected chi connectivity index (χ0v) is 12.4. The first-order valence-corrected chi connectivity index (χ1v) is 7.01. The molecule has 108 valence electrons. The Kier molecular flexibility index (Phi) is 3.51. The summed E-state index contributed by atoms with van der Waals surface area (Å²) >= 11 is 0. The zero-order chi connectivity index (χ0) is 14.8. The third-order valence-corrected chi connectivity index (χ3v) is 3.54. The molecular formula is C15H18N6. The van der Waals surface area contributed by atoms with Gasteiger partial charge in [0.15, 0.2) is 5.82 Å². The van der Waals surface area contributed by atoms with Gasteiger partial charge in [-0.3, -0.25) is 4.98 Å². The fourth-order valence-corrected chi connectivity index (χ4v) is 2.42. The van der Waals surface area contributed by atoms with E-state index < -0.39 is 0 Å². The minimum atomic E-state index is 0.0893. The van der Waals surface area contributed by atoms with Crippen LogP contribution in [0.3, 0.4) is 0 Å². The van der Waals surface area contributed by atoms with E-state index in [1.807, 2.05) is 41.0 Å². The third kappa shape index (κ3) is 2.56. The molecule has 0 aliphatic rings. The Morgan fingerprint density at radius 2 is 2.10 bits per heavy atom. The first-order valence-electron chi connectivity index (χ1n) is 7.01. The van der Waals surface area contributed by atoms with E-state index in [0.29, 0.717) is 0 Å². The van der Waals surface area contributed by atoms with Gasteiger partial charge in [0.2, 0.25) is 0 Å². The molecular weight excluding hydrogens is 264 g/mol. The van der Waals surface area contributed by atoms with E-state index >= 15 is 0 Å². The van der Waals surface area contributed by atoms with Crippen LogP contribution in [0, 0.1) is 6.92 Å². The highest BCUT2D eigenvalue weighted by Gasteiger charge is 2.17. The quantitative estimate of drug-likeness (QED) is 0.737. The van der Waals surface area contributed by atoms with Crippen LogP contribution in [0.1, 0.15) is 30.6 Å².